The van der Waals surface area contributed by atoms with Crippen LogP contribution in [0.1, 0.15) is 22.7 Å². The molecule has 1 fully saturated rings. The van der Waals surface area contributed by atoms with E-state index in [1.807, 2.05) is 24.4 Å². The number of phenolic OH excluding ortho intramolecular Hbond substituents is 1. The van der Waals surface area contributed by atoms with E-state index in [0.717, 1.165) is 22.5 Å². The molecule has 3 aromatic carbocycles. The molecule has 5 rings (SSSR count). The highest BCUT2D eigenvalue weighted by Crippen LogP contribution is 2.40. The summed E-state index contributed by atoms with van der Waals surface area (Å²) in [6.07, 6.45) is 2.23. The first-order valence-corrected chi connectivity index (χ1v) is 11.7. The third-order valence-corrected chi connectivity index (χ3v) is 6.68. The van der Waals surface area contributed by atoms with Gasteiger partial charge in [0.1, 0.15) is 17.3 Å². The number of Topliss-reactive ketones (excluding diaryl/α,β-unsaturated/α-hetero) is 1. The fraction of sp³-hybridized carbons (Fsp3) is 0.143. The monoisotopic (exact) mass is 513 g/mol. The Morgan fingerprint density at radius 1 is 1.11 bits per heavy atom. The van der Waals surface area contributed by atoms with E-state index in [9.17, 15) is 29.9 Å². The number of ketones is 1. The largest absolute Gasteiger partial charge is 0.508 e. The second kappa shape index (κ2) is 9.74. The molecule has 38 heavy (non-hydrogen) atoms. The van der Waals surface area contributed by atoms with E-state index in [4.69, 9.17) is 4.74 Å². The van der Waals surface area contributed by atoms with Crippen LogP contribution in [-0.4, -0.2) is 50.4 Å². The quantitative estimate of drug-likeness (QED) is 0.109. The summed E-state index contributed by atoms with van der Waals surface area (Å²) in [6.45, 7) is 0.145. The van der Waals surface area contributed by atoms with Crippen molar-refractivity contribution in [3.63, 3.8) is 0 Å². The molecule has 2 heterocycles. The minimum absolute atomic E-state index is 0.00266. The van der Waals surface area contributed by atoms with Crippen molar-refractivity contribution in [3.8, 4) is 11.5 Å². The number of likely N-dealkylation sites (tertiary alicyclic amines) is 1. The molecular formula is C28H23N3O7. The number of non-ortho nitro benzene ring substituents is 1. The van der Waals surface area contributed by atoms with E-state index < -0.39 is 28.4 Å². The lowest BCUT2D eigenvalue weighted by molar-refractivity contribution is -0.384. The number of hydrogen-bond acceptors (Lipinski definition) is 7. The average Bonchev–Trinajstić information content (AvgIpc) is 3.44. The lowest BCUT2D eigenvalue weighted by Gasteiger charge is -2.25. The fourth-order valence-corrected chi connectivity index (χ4v) is 4.77. The van der Waals surface area contributed by atoms with Gasteiger partial charge in [0.05, 0.1) is 23.6 Å². The van der Waals surface area contributed by atoms with E-state index >= 15 is 0 Å². The minimum Gasteiger partial charge on any atom is -0.508 e. The number of aromatic hydroxyl groups is 1. The van der Waals surface area contributed by atoms with Crippen molar-refractivity contribution < 1.29 is 29.5 Å². The standard InChI is InChI=1S/C28H23N3O7/c1-38-21-9-10-23-22(14-21)18(15-29-23)11-12-30-25(16-5-7-20(32)8-6-16)24(27(34)28(30)35)26(33)17-3-2-4-19(13-17)31(36)37/h2-10,13-15,25,29,32-33H,11-12H2,1H3/t25-/m0/s1. The molecule has 1 amide bonds. The van der Waals surface area contributed by atoms with Gasteiger partial charge in [-0.25, -0.2) is 0 Å². The zero-order valence-electron chi connectivity index (χ0n) is 20.2. The number of H-pyrrole nitrogens is 1. The third kappa shape index (κ3) is 4.32. The van der Waals surface area contributed by atoms with Crippen LogP contribution in [0.5, 0.6) is 11.5 Å². The van der Waals surface area contributed by atoms with Crippen LogP contribution in [0.4, 0.5) is 5.69 Å². The predicted octanol–water partition coefficient (Wildman–Crippen LogP) is 4.45. The van der Waals surface area contributed by atoms with Crippen LogP contribution in [0.25, 0.3) is 16.7 Å². The summed E-state index contributed by atoms with van der Waals surface area (Å²) in [6, 6.07) is 15.9. The number of carbonyl (C=O) groups is 2. The number of rotatable bonds is 7. The number of hydrogen-bond donors (Lipinski definition) is 3. The number of phenols is 1. The van der Waals surface area contributed by atoms with Crippen molar-refractivity contribution >= 4 is 34.0 Å². The molecule has 3 N–H and O–H groups in total. The first kappa shape index (κ1) is 24.6. The number of benzene rings is 3. The Bertz CT molecular complexity index is 1600. The number of nitrogens with one attached hydrogen (secondary N) is 1. The maximum absolute atomic E-state index is 13.2. The van der Waals surface area contributed by atoms with Gasteiger partial charge in [-0.1, -0.05) is 24.3 Å². The molecule has 4 aromatic rings. The van der Waals surface area contributed by atoms with Crippen molar-refractivity contribution in [1.82, 2.24) is 9.88 Å². The van der Waals surface area contributed by atoms with Crippen molar-refractivity contribution in [3.05, 3.63) is 105 Å². The van der Waals surface area contributed by atoms with Gasteiger partial charge in [0.2, 0.25) is 0 Å². The van der Waals surface area contributed by atoms with Gasteiger partial charge in [-0.15, -0.1) is 0 Å². The molecule has 1 aliphatic rings. The van der Waals surface area contributed by atoms with Crippen molar-refractivity contribution in [2.75, 3.05) is 13.7 Å². The highest BCUT2D eigenvalue weighted by atomic mass is 16.6. The van der Waals surface area contributed by atoms with Crippen LogP contribution in [0.15, 0.2) is 78.5 Å². The molecule has 1 atom stereocenters. The molecule has 0 bridgehead atoms. The Morgan fingerprint density at radius 3 is 2.58 bits per heavy atom. The Hall–Kier alpha value is -5.12. The Morgan fingerprint density at radius 2 is 1.87 bits per heavy atom. The summed E-state index contributed by atoms with van der Waals surface area (Å²) in [7, 11) is 1.58. The highest BCUT2D eigenvalue weighted by molar-refractivity contribution is 6.46. The van der Waals surface area contributed by atoms with Crippen LogP contribution in [0.3, 0.4) is 0 Å². The molecule has 1 saturated heterocycles. The molecule has 1 aliphatic heterocycles. The predicted molar refractivity (Wildman–Crippen MR) is 139 cm³/mol. The summed E-state index contributed by atoms with van der Waals surface area (Å²) in [5.74, 6) is -1.53. The maximum Gasteiger partial charge on any atom is 0.295 e. The number of aliphatic hydroxyl groups is 1. The number of fused-ring (bicyclic) bond motifs is 1. The van der Waals surface area contributed by atoms with Gasteiger partial charge < -0.3 is 24.8 Å². The van der Waals surface area contributed by atoms with Crippen molar-refractivity contribution in [2.45, 2.75) is 12.5 Å². The number of ether oxygens (including phenoxy) is 1. The van der Waals surface area contributed by atoms with Gasteiger partial charge in [-0.3, -0.25) is 19.7 Å². The molecule has 0 saturated carbocycles. The van der Waals surface area contributed by atoms with Gasteiger partial charge in [-0.2, -0.15) is 0 Å². The molecule has 10 heteroatoms. The Balaban J connectivity index is 1.56. The van der Waals surface area contributed by atoms with Crippen LogP contribution in [0.2, 0.25) is 0 Å². The van der Waals surface area contributed by atoms with E-state index in [1.54, 1.807) is 19.2 Å². The minimum atomic E-state index is -0.963. The van der Waals surface area contributed by atoms with Gasteiger partial charge >= 0.3 is 0 Å². The smallest absolute Gasteiger partial charge is 0.295 e. The van der Waals surface area contributed by atoms with Gasteiger partial charge in [0, 0.05) is 41.3 Å². The molecule has 0 radical (unpaired) electrons. The number of methoxy groups -OCH3 is 1. The van der Waals surface area contributed by atoms with Gasteiger partial charge in [-0.05, 0) is 47.9 Å². The molecular weight excluding hydrogens is 490 g/mol. The molecule has 0 spiro atoms. The molecule has 1 aromatic heterocycles. The van der Waals surface area contributed by atoms with E-state index in [-0.39, 0.29) is 29.1 Å². The van der Waals surface area contributed by atoms with Crippen LogP contribution in [-0.2, 0) is 16.0 Å². The first-order chi connectivity index (χ1) is 18.3. The van der Waals surface area contributed by atoms with E-state index in [1.165, 1.54) is 35.2 Å². The Labute approximate surface area is 216 Å². The second-order valence-electron chi connectivity index (χ2n) is 8.87. The lowest BCUT2D eigenvalue weighted by atomic mass is 9.95. The lowest BCUT2D eigenvalue weighted by Crippen LogP contribution is -2.31. The van der Waals surface area contributed by atoms with Crippen LogP contribution >= 0.6 is 0 Å². The zero-order chi connectivity index (χ0) is 27.0. The first-order valence-electron chi connectivity index (χ1n) is 11.7. The third-order valence-electron chi connectivity index (χ3n) is 6.68. The second-order valence-corrected chi connectivity index (χ2v) is 8.87. The molecule has 0 aliphatic carbocycles. The number of nitrogens with zero attached hydrogens (tertiary/aromatic N) is 2. The highest BCUT2D eigenvalue weighted by Gasteiger charge is 2.46. The normalized spacial score (nSPS) is 16.8. The van der Waals surface area contributed by atoms with E-state index in [0.29, 0.717) is 17.7 Å². The molecule has 192 valence electrons. The number of carbonyl (C=O) groups excluding carboxylic acids is 2. The molecule has 10 nitrogen and oxygen atoms in total. The number of aromatic nitrogens is 1. The zero-order valence-corrected chi connectivity index (χ0v) is 20.2. The fourth-order valence-electron chi connectivity index (χ4n) is 4.77. The summed E-state index contributed by atoms with van der Waals surface area (Å²) in [5.41, 5.74) is 1.90. The number of aromatic amines is 1. The van der Waals surface area contributed by atoms with Gasteiger partial charge in [0.15, 0.2) is 0 Å². The summed E-state index contributed by atoms with van der Waals surface area (Å²) < 4.78 is 5.33. The van der Waals surface area contributed by atoms with Crippen LogP contribution in [0, 0.1) is 10.1 Å². The molecule has 0 unspecified atom stereocenters. The maximum atomic E-state index is 13.2. The van der Waals surface area contributed by atoms with Crippen molar-refractivity contribution in [2.24, 2.45) is 0 Å². The number of aliphatic hydroxyl groups excluding tert-OH is 1. The van der Waals surface area contributed by atoms with Crippen LogP contribution < -0.4 is 4.74 Å². The number of nitro benzene ring substituents is 1. The summed E-state index contributed by atoms with van der Waals surface area (Å²) >= 11 is 0. The van der Waals surface area contributed by atoms with Crippen molar-refractivity contribution in [1.29, 1.82) is 0 Å². The number of amides is 1. The summed E-state index contributed by atoms with van der Waals surface area (Å²) in [5, 5.41) is 33.1. The Kier molecular flexibility index (Phi) is 6.29. The number of nitro groups is 1. The summed E-state index contributed by atoms with van der Waals surface area (Å²) in [4.78, 5) is 41.7. The topological polar surface area (TPSA) is 146 Å². The van der Waals surface area contributed by atoms with Gasteiger partial charge in [0.25, 0.3) is 17.4 Å². The SMILES string of the molecule is COc1ccc2[nH]cc(CCN3C(=O)C(=O)C(=C(O)c4cccc([N+](=O)[O-])c4)[C@@H]3c3ccc(O)cc3)c2c1. The van der Waals surface area contributed by atoms with E-state index in [2.05, 4.69) is 4.98 Å². The average molecular weight is 514 g/mol.